The Morgan fingerprint density at radius 3 is 2.53 bits per heavy atom. The highest BCUT2D eigenvalue weighted by Crippen LogP contribution is 2.28. The fourth-order valence-corrected chi connectivity index (χ4v) is 1.61. The molecule has 0 aliphatic heterocycles. The lowest BCUT2D eigenvalue weighted by molar-refractivity contribution is 0.256. The van der Waals surface area contributed by atoms with Crippen LogP contribution in [-0.4, -0.2) is 20.3 Å². The normalized spacial score (nSPS) is 10.2. The predicted octanol–water partition coefficient (Wildman–Crippen LogP) is 3.65. The average molecular weight is 288 g/mol. The quantitative estimate of drug-likeness (QED) is 0.740. The summed E-state index contributed by atoms with van der Waals surface area (Å²) < 4.78 is 11.1. The highest BCUT2D eigenvalue weighted by molar-refractivity contribution is 5.85. The molecule has 1 aromatic rings. The maximum absolute atomic E-state index is 5.72. The van der Waals surface area contributed by atoms with E-state index in [9.17, 15) is 0 Å². The van der Waals surface area contributed by atoms with Crippen LogP contribution >= 0.6 is 12.4 Å². The molecule has 1 aromatic carbocycles. The summed E-state index contributed by atoms with van der Waals surface area (Å²) in [6.07, 6.45) is 1.15. The maximum atomic E-state index is 5.72. The van der Waals surface area contributed by atoms with Crippen LogP contribution < -0.4 is 14.8 Å². The molecular weight excluding hydrogens is 262 g/mol. The average Bonchev–Trinajstić information content (AvgIpc) is 2.37. The lowest BCUT2D eigenvalue weighted by atomic mass is 10.2. The third kappa shape index (κ3) is 6.69. The molecule has 0 aliphatic carbocycles. The molecule has 0 spiro atoms. The van der Waals surface area contributed by atoms with Gasteiger partial charge in [-0.3, -0.25) is 0 Å². The molecule has 0 atom stereocenters. The number of rotatable bonds is 8. The smallest absolute Gasteiger partial charge is 0.161 e. The summed E-state index contributed by atoms with van der Waals surface area (Å²) in [5, 5.41) is 3.38. The van der Waals surface area contributed by atoms with Crippen molar-refractivity contribution in [2.24, 2.45) is 5.92 Å². The van der Waals surface area contributed by atoms with Gasteiger partial charge in [-0.25, -0.2) is 0 Å². The number of hydrogen-bond acceptors (Lipinski definition) is 3. The third-order valence-corrected chi connectivity index (χ3v) is 2.56. The van der Waals surface area contributed by atoms with E-state index < -0.39 is 0 Å². The minimum atomic E-state index is 0. The second-order valence-corrected chi connectivity index (χ2v) is 4.87. The molecule has 110 valence electrons. The first-order valence-electron chi connectivity index (χ1n) is 6.67. The van der Waals surface area contributed by atoms with E-state index in [2.05, 4.69) is 32.2 Å². The first-order chi connectivity index (χ1) is 8.67. The predicted molar refractivity (Wildman–Crippen MR) is 82.6 cm³/mol. The van der Waals surface area contributed by atoms with Gasteiger partial charge in [0.25, 0.3) is 0 Å². The van der Waals surface area contributed by atoms with Crippen molar-refractivity contribution in [1.29, 1.82) is 0 Å². The number of benzene rings is 1. The zero-order valence-electron chi connectivity index (χ0n) is 12.4. The van der Waals surface area contributed by atoms with Crippen LogP contribution in [0.4, 0.5) is 0 Å². The Labute approximate surface area is 123 Å². The Hall–Kier alpha value is -0.930. The van der Waals surface area contributed by atoms with E-state index in [0.717, 1.165) is 31.0 Å². The molecule has 0 saturated heterocycles. The van der Waals surface area contributed by atoms with Crippen LogP contribution in [-0.2, 0) is 6.54 Å². The molecule has 0 unspecified atom stereocenters. The topological polar surface area (TPSA) is 30.5 Å². The molecule has 4 heteroatoms. The van der Waals surface area contributed by atoms with Gasteiger partial charge in [-0.2, -0.15) is 0 Å². The van der Waals surface area contributed by atoms with E-state index in [1.165, 1.54) is 5.56 Å². The minimum Gasteiger partial charge on any atom is -0.493 e. The van der Waals surface area contributed by atoms with Crippen molar-refractivity contribution in [2.75, 3.05) is 20.3 Å². The summed E-state index contributed by atoms with van der Waals surface area (Å²) in [6.45, 7) is 9.05. The number of ether oxygens (including phenoxy) is 2. The number of methoxy groups -OCH3 is 1. The second-order valence-electron chi connectivity index (χ2n) is 4.87. The van der Waals surface area contributed by atoms with Crippen LogP contribution in [0, 0.1) is 5.92 Å². The third-order valence-electron chi connectivity index (χ3n) is 2.56. The highest BCUT2D eigenvalue weighted by Gasteiger charge is 2.06. The van der Waals surface area contributed by atoms with Crippen molar-refractivity contribution in [3.63, 3.8) is 0 Å². The van der Waals surface area contributed by atoms with Gasteiger partial charge in [0.15, 0.2) is 11.5 Å². The molecule has 0 fully saturated rings. The largest absolute Gasteiger partial charge is 0.493 e. The SMILES string of the molecule is CCCNCc1ccc(OCC(C)C)c(OC)c1.Cl. The Morgan fingerprint density at radius 1 is 1.21 bits per heavy atom. The van der Waals surface area contributed by atoms with Crippen LogP contribution in [0.1, 0.15) is 32.8 Å². The summed E-state index contributed by atoms with van der Waals surface area (Å²) in [7, 11) is 1.68. The van der Waals surface area contributed by atoms with Crippen LogP contribution in [0.15, 0.2) is 18.2 Å². The van der Waals surface area contributed by atoms with Crippen LogP contribution in [0.5, 0.6) is 11.5 Å². The number of hydrogen-bond donors (Lipinski definition) is 1. The van der Waals surface area contributed by atoms with Crippen LogP contribution in [0.3, 0.4) is 0 Å². The lowest BCUT2D eigenvalue weighted by Gasteiger charge is -2.13. The molecule has 0 aliphatic rings. The Kier molecular flexibility index (Phi) is 9.44. The van der Waals surface area contributed by atoms with Gasteiger partial charge < -0.3 is 14.8 Å². The van der Waals surface area contributed by atoms with Crippen molar-refractivity contribution in [1.82, 2.24) is 5.32 Å². The first kappa shape index (κ1) is 18.1. The highest BCUT2D eigenvalue weighted by atomic mass is 35.5. The molecule has 0 saturated carbocycles. The molecule has 0 heterocycles. The molecule has 0 bridgehead atoms. The van der Waals surface area contributed by atoms with Gasteiger partial charge >= 0.3 is 0 Å². The van der Waals surface area contributed by atoms with Gasteiger partial charge in [0.05, 0.1) is 13.7 Å². The van der Waals surface area contributed by atoms with E-state index in [0.29, 0.717) is 12.5 Å². The summed E-state index contributed by atoms with van der Waals surface area (Å²) in [5.41, 5.74) is 1.22. The first-order valence-corrected chi connectivity index (χ1v) is 6.67. The van der Waals surface area contributed by atoms with E-state index in [1.807, 2.05) is 12.1 Å². The zero-order chi connectivity index (χ0) is 13.4. The lowest BCUT2D eigenvalue weighted by Crippen LogP contribution is -2.14. The van der Waals surface area contributed by atoms with Gasteiger partial charge in [0, 0.05) is 6.54 Å². The van der Waals surface area contributed by atoms with E-state index >= 15 is 0 Å². The van der Waals surface area contributed by atoms with Crippen molar-refractivity contribution in [3.05, 3.63) is 23.8 Å². The summed E-state index contributed by atoms with van der Waals surface area (Å²) >= 11 is 0. The molecule has 19 heavy (non-hydrogen) atoms. The zero-order valence-corrected chi connectivity index (χ0v) is 13.2. The van der Waals surface area contributed by atoms with Gasteiger partial charge in [-0.15, -0.1) is 12.4 Å². The monoisotopic (exact) mass is 287 g/mol. The molecule has 1 N–H and O–H groups in total. The van der Waals surface area contributed by atoms with E-state index in [-0.39, 0.29) is 12.4 Å². The van der Waals surface area contributed by atoms with E-state index in [1.54, 1.807) is 7.11 Å². The fourth-order valence-electron chi connectivity index (χ4n) is 1.61. The summed E-state index contributed by atoms with van der Waals surface area (Å²) in [6, 6.07) is 6.11. The fraction of sp³-hybridized carbons (Fsp3) is 0.600. The molecule has 1 rings (SSSR count). The molecule has 0 aromatic heterocycles. The Balaban J connectivity index is 0.00000324. The van der Waals surface area contributed by atoms with Crippen LogP contribution in [0.2, 0.25) is 0 Å². The van der Waals surface area contributed by atoms with Crippen molar-refractivity contribution >= 4 is 12.4 Å². The standard InChI is InChI=1S/C15H25NO2.ClH/c1-5-8-16-10-13-6-7-14(15(9-13)17-4)18-11-12(2)3;/h6-7,9,12,16H,5,8,10-11H2,1-4H3;1H. The number of halogens is 1. The van der Waals surface area contributed by atoms with Gasteiger partial charge in [0.2, 0.25) is 0 Å². The Bertz CT molecular complexity index is 356. The number of nitrogens with one attached hydrogen (secondary N) is 1. The van der Waals surface area contributed by atoms with Gasteiger partial charge in [0.1, 0.15) is 0 Å². The van der Waals surface area contributed by atoms with Gasteiger partial charge in [-0.05, 0) is 36.6 Å². The van der Waals surface area contributed by atoms with Crippen molar-refractivity contribution in [2.45, 2.75) is 33.7 Å². The molecule has 3 nitrogen and oxygen atoms in total. The van der Waals surface area contributed by atoms with Crippen LogP contribution in [0.25, 0.3) is 0 Å². The minimum absolute atomic E-state index is 0. The van der Waals surface area contributed by atoms with Crippen molar-refractivity contribution in [3.8, 4) is 11.5 Å². The molecule has 0 radical (unpaired) electrons. The summed E-state index contributed by atoms with van der Waals surface area (Å²) in [5.74, 6) is 2.15. The van der Waals surface area contributed by atoms with E-state index in [4.69, 9.17) is 9.47 Å². The van der Waals surface area contributed by atoms with Gasteiger partial charge in [-0.1, -0.05) is 26.8 Å². The molecular formula is C15H26ClNO2. The molecule has 0 amide bonds. The Morgan fingerprint density at radius 2 is 1.95 bits per heavy atom. The summed E-state index contributed by atoms with van der Waals surface area (Å²) in [4.78, 5) is 0. The maximum Gasteiger partial charge on any atom is 0.161 e. The van der Waals surface area contributed by atoms with Crippen molar-refractivity contribution < 1.29 is 9.47 Å². The second kappa shape index (κ2) is 9.93.